The Morgan fingerprint density at radius 2 is 2.00 bits per heavy atom. The molecular formula is C11H8BrClN4O2. The number of rotatable bonds is 4. The molecule has 1 aromatic heterocycles. The average molecular weight is 344 g/mol. The van der Waals surface area contributed by atoms with Gasteiger partial charge in [0.05, 0.1) is 9.40 Å². The predicted molar refractivity (Wildman–Crippen MR) is 75.2 cm³/mol. The molecule has 0 fully saturated rings. The minimum Gasteiger partial charge on any atom is -0.365 e. The summed E-state index contributed by atoms with van der Waals surface area (Å²) < 4.78 is 0.582. The van der Waals surface area contributed by atoms with E-state index in [2.05, 4.69) is 31.2 Å². The fourth-order valence-corrected chi connectivity index (χ4v) is 1.87. The molecule has 1 heterocycles. The van der Waals surface area contributed by atoms with Crippen LogP contribution in [0.15, 0.2) is 35.1 Å². The lowest BCUT2D eigenvalue weighted by Crippen LogP contribution is -2.03. The minimum absolute atomic E-state index is 0.0648. The highest BCUT2D eigenvalue weighted by Crippen LogP contribution is 2.26. The van der Waals surface area contributed by atoms with E-state index in [0.29, 0.717) is 22.0 Å². The summed E-state index contributed by atoms with van der Waals surface area (Å²) in [6.45, 7) is 0.476. The number of nitrogens with zero attached hydrogens (tertiary/aromatic N) is 3. The molecule has 2 rings (SSSR count). The van der Waals surface area contributed by atoms with Crippen LogP contribution in [0.4, 0.5) is 11.5 Å². The molecule has 1 N–H and O–H groups in total. The van der Waals surface area contributed by atoms with E-state index in [1.165, 1.54) is 18.5 Å². The maximum atomic E-state index is 10.5. The van der Waals surface area contributed by atoms with Crippen LogP contribution in [0.3, 0.4) is 0 Å². The number of halogens is 2. The van der Waals surface area contributed by atoms with E-state index in [1.807, 2.05) is 0 Å². The van der Waals surface area contributed by atoms with Crippen molar-refractivity contribution in [1.29, 1.82) is 0 Å². The van der Waals surface area contributed by atoms with Crippen LogP contribution < -0.4 is 5.32 Å². The van der Waals surface area contributed by atoms with Gasteiger partial charge in [-0.1, -0.05) is 23.7 Å². The van der Waals surface area contributed by atoms with Gasteiger partial charge in [0.25, 0.3) is 5.69 Å². The van der Waals surface area contributed by atoms with Crippen LogP contribution in [0.5, 0.6) is 0 Å². The quantitative estimate of drug-likeness (QED) is 0.522. The summed E-state index contributed by atoms with van der Waals surface area (Å²) in [5.41, 5.74) is 0.960. The van der Waals surface area contributed by atoms with Crippen LogP contribution in [0.2, 0.25) is 5.15 Å². The van der Waals surface area contributed by atoms with Crippen molar-refractivity contribution in [3.05, 3.63) is 55.9 Å². The van der Waals surface area contributed by atoms with Crippen molar-refractivity contribution in [3.8, 4) is 0 Å². The molecule has 8 heteroatoms. The third-order valence-corrected chi connectivity index (χ3v) is 3.62. The van der Waals surface area contributed by atoms with Crippen LogP contribution in [0.25, 0.3) is 0 Å². The number of aromatic nitrogens is 2. The topological polar surface area (TPSA) is 81.0 Å². The van der Waals surface area contributed by atoms with E-state index < -0.39 is 4.92 Å². The second-order valence-corrected chi connectivity index (χ2v) is 4.76. The Morgan fingerprint density at radius 3 is 2.63 bits per heavy atom. The van der Waals surface area contributed by atoms with Gasteiger partial charge in [-0.15, -0.1) is 0 Å². The van der Waals surface area contributed by atoms with Gasteiger partial charge in [0.15, 0.2) is 0 Å². The van der Waals surface area contributed by atoms with E-state index >= 15 is 0 Å². The molecule has 0 atom stereocenters. The number of hydrogen-bond acceptors (Lipinski definition) is 5. The minimum atomic E-state index is -0.433. The van der Waals surface area contributed by atoms with E-state index in [-0.39, 0.29) is 5.69 Å². The summed E-state index contributed by atoms with van der Waals surface area (Å²) >= 11 is 9.11. The summed E-state index contributed by atoms with van der Waals surface area (Å²) in [7, 11) is 0. The van der Waals surface area contributed by atoms with Gasteiger partial charge in [0.1, 0.15) is 17.3 Å². The Bertz CT molecular complexity index is 606. The molecule has 19 heavy (non-hydrogen) atoms. The number of nitro benzene ring substituents is 1. The van der Waals surface area contributed by atoms with Gasteiger partial charge >= 0.3 is 0 Å². The van der Waals surface area contributed by atoms with Gasteiger partial charge in [-0.05, 0) is 21.5 Å². The molecule has 98 valence electrons. The lowest BCUT2D eigenvalue weighted by atomic mass is 10.2. The summed E-state index contributed by atoms with van der Waals surface area (Å²) in [6.07, 6.45) is 1.35. The first-order valence-electron chi connectivity index (χ1n) is 5.21. The average Bonchev–Trinajstić information content (AvgIpc) is 2.41. The lowest BCUT2D eigenvalue weighted by Gasteiger charge is -2.07. The van der Waals surface area contributed by atoms with E-state index in [9.17, 15) is 10.1 Å². The molecule has 0 radical (unpaired) electrons. The molecule has 0 aliphatic heterocycles. The number of nitro groups is 1. The molecule has 0 amide bonds. The van der Waals surface area contributed by atoms with Crippen LogP contribution >= 0.6 is 27.5 Å². The van der Waals surface area contributed by atoms with Crippen molar-refractivity contribution in [2.24, 2.45) is 0 Å². The molecule has 0 aliphatic carbocycles. The van der Waals surface area contributed by atoms with Crippen LogP contribution in [-0.2, 0) is 6.54 Å². The highest BCUT2D eigenvalue weighted by atomic mass is 79.9. The fraction of sp³-hybridized carbons (Fsp3) is 0.0909. The first-order chi connectivity index (χ1) is 9.08. The summed E-state index contributed by atoms with van der Waals surface area (Å²) in [4.78, 5) is 17.9. The third kappa shape index (κ3) is 3.39. The fourth-order valence-electron chi connectivity index (χ4n) is 1.39. The van der Waals surface area contributed by atoms with Crippen molar-refractivity contribution in [3.63, 3.8) is 0 Å². The lowest BCUT2D eigenvalue weighted by molar-refractivity contribution is -0.384. The maximum Gasteiger partial charge on any atom is 0.269 e. The highest BCUT2D eigenvalue weighted by Gasteiger charge is 2.07. The molecule has 0 unspecified atom stereocenters. The van der Waals surface area contributed by atoms with Crippen LogP contribution in [-0.4, -0.2) is 14.9 Å². The highest BCUT2D eigenvalue weighted by molar-refractivity contribution is 9.10. The van der Waals surface area contributed by atoms with Crippen LogP contribution in [0.1, 0.15) is 5.56 Å². The van der Waals surface area contributed by atoms with E-state index in [4.69, 9.17) is 11.6 Å². The first kappa shape index (κ1) is 13.7. The zero-order valence-electron chi connectivity index (χ0n) is 9.51. The second-order valence-electron chi connectivity index (χ2n) is 3.60. The second kappa shape index (κ2) is 5.94. The van der Waals surface area contributed by atoms with Crippen molar-refractivity contribution in [2.75, 3.05) is 5.32 Å². The Morgan fingerprint density at radius 1 is 1.32 bits per heavy atom. The number of nitrogens with one attached hydrogen (secondary N) is 1. The molecule has 0 aliphatic rings. The zero-order valence-corrected chi connectivity index (χ0v) is 11.8. The Kier molecular flexibility index (Phi) is 4.28. The molecular weight excluding hydrogens is 336 g/mol. The maximum absolute atomic E-state index is 10.5. The normalized spacial score (nSPS) is 10.2. The van der Waals surface area contributed by atoms with Crippen molar-refractivity contribution in [2.45, 2.75) is 6.54 Å². The molecule has 6 nitrogen and oxygen atoms in total. The van der Waals surface area contributed by atoms with Gasteiger partial charge in [-0.25, -0.2) is 9.97 Å². The van der Waals surface area contributed by atoms with E-state index in [1.54, 1.807) is 12.1 Å². The monoisotopic (exact) mass is 342 g/mol. The summed E-state index contributed by atoms with van der Waals surface area (Å²) in [5.74, 6) is 0.568. The largest absolute Gasteiger partial charge is 0.365 e. The van der Waals surface area contributed by atoms with Crippen molar-refractivity contribution < 1.29 is 4.92 Å². The van der Waals surface area contributed by atoms with Gasteiger partial charge < -0.3 is 5.32 Å². The van der Waals surface area contributed by atoms with E-state index in [0.717, 1.165) is 5.56 Å². The Hall–Kier alpha value is -1.73. The molecule has 0 saturated heterocycles. The number of anilines is 1. The first-order valence-corrected chi connectivity index (χ1v) is 6.38. The van der Waals surface area contributed by atoms with Crippen molar-refractivity contribution >= 4 is 39.0 Å². The molecule has 2 aromatic rings. The van der Waals surface area contributed by atoms with Gasteiger partial charge in [0, 0.05) is 18.7 Å². The van der Waals surface area contributed by atoms with Crippen LogP contribution in [0, 0.1) is 10.1 Å². The SMILES string of the molecule is O=[N+]([O-])c1ccc(CNc2ncnc(Cl)c2Br)cc1. The molecule has 0 saturated carbocycles. The predicted octanol–water partition coefficient (Wildman–Crippen LogP) is 3.41. The third-order valence-electron chi connectivity index (χ3n) is 2.35. The Balaban J connectivity index is 2.06. The summed E-state index contributed by atoms with van der Waals surface area (Å²) in [5, 5.41) is 13.9. The van der Waals surface area contributed by atoms with Crippen molar-refractivity contribution in [1.82, 2.24) is 9.97 Å². The van der Waals surface area contributed by atoms with Gasteiger partial charge in [-0.3, -0.25) is 10.1 Å². The number of non-ortho nitro benzene ring substituents is 1. The number of hydrogen-bond donors (Lipinski definition) is 1. The standard InChI is InChI=1S/C11H8BrClN4O2/c12-9-10(13)15-6-16-11(9)14-5-7-1-3-8(4-2-7)17(18)19/h1-4,6H,5H2,(H,14,15,16). The smallest absolute Gasteiger partial charge is 0.269 e. The van der Waals surface area contributed by atoms with Gasteiger partial charge in [0.2, 0.25) is 0 Å². The Labute approximate surface area is 122 Å². The summed E-state index contributed by atoms with van der Waals surface area (Å²) in [6, 6.07) is 6.28. The molecule has 0 bridgehead atoms. The zero-order chi connectivity index (χ0) is 13.8. The molecule has 0 spiro atoms. The van der Waals surface area contributed by atoms with Gasteiger partial charge in [-0.2, -0.15) is 0 Å². The number of benzene rings is 1. The molecule has 1 aromatic carbocycles.